The zero-order valence-electron chi connectivity index (χ0n) is 18.6. The zero-order chi connectivity index (χ0) is 21.8. The molecule has 0 atom stereocenters. The Morgan fingerprint density at radius 1 is 0.903 bits per heavy atom. The highest BCUT2D eigenvalue weighted by Crippen LogP contribution is 2.23. The summed E-state index contributed by atoms with van der Waals surface area (Å²) >= 11 is 0. The van der Waals surface area contributed by atoms with Crippen LogP contribution in [0.3, 0.4) is 0 Å². The van der Waals surface area contributed by atoms with Crippen LogP contribution in [-0.4, -0.2) is 53.6 Å². The van der Waals surface area contributed by atoms with Crippen molar-refractivity contribution in [2.45, 2.75) is 33.6 Å². The minimum atomic E-state index is 0.200. The van der Waals surface area contributed by atoms with Gasteiger partial charge in [0.05, 0.1) is 23.3 Å². The highest BCUT2D eigenvalue weighted by Gasteiger charge is 2.23. The monoisotopic (exact) mass is 418 g/mol. The summed E-state index contributed by atoms with van der Waals surface area (Å²) in [6.07, 6.45) is 1.24. The number of aromatic nitrogens is 2. The van der Waals surface area contributed by atoms with Crippen LogP contribution in [0.5, 0.6) is 5.75 Å². The van der Waals surface area contributed by atoms with Crippen molar-refractivity contribution < 1.29 is 9.53 Å². The molecule has 1 amide bonds. The number of para-hydroxylation sites is 3. The number of ether oxygens (including phenoxy) is 1. The lowest BCUT2D eigenvalue weighted by Gasteiger charge is -2.36. The maximum atomic E-state index is 12.7. The predicted octanol–water partition coefficient (Wildman–Crippen LogP) is 4.06. The third-order valence-corrected chi connectivity index (χ3v) is 5.84. The largest absolute Gasteiger partial charge is 0.493 e. The number of aryl methyl sites for hydroxylation is 3. The van der Waals surface area contributed by atoms with E-state index in [4.69, 9.17) is 14.7 Å². The normalized spacial score (nSPS) is 14.2. The van der Waals surface area contributed by atoms with Gasteiger partial charge in [-0.3, -0.25) is 4.79 Å². The minimum absolute atomic E-state index is 0.200. The number of carbonyl (C=O) groups is 1. The van der Waals surface area contributed by atoms with Gasteiger partial charge < -0.3 is 14.5 Å². The Balaban J connectivity index is 1.27. The maximum Gasteiger partial charge on any atom is 0.222 e. The number of fused-ring (bicyclic) bond motifs is 1. The molecule has 0 aliphatic carbocycles. The molecule has 162 valence electrons. The SMILES string of the molecule is Cc1cccc(C)c1OCCCC(=O)N1CCN(c2nc3ccccc3nc2C)CC1. The van der Waals surface area contributed by atoms with Crippen molar-refractivity contribution >= 4 is 22.8 Å². The molecule has 2 aromatic carbocycles. The summed E-state index contributed by atoms with van der Waals surface area (Å²) in [4.78, 5) is 26.4. The van der Waals surface area contributed by atoms with E-state index in [-0.39, 0.29) is 5.91 Å². The number of hydrogen-bond donors (Lipinski definition) is 0. The van der Waals surface area contributed by atoms with Gasteiger partial charge in [0.2, 0.25) is 5.91 Å². The van der Waals surface area contributed by atoms with Gasteiger partial charge in [0.1, 0.15) is 5.75 Å². The van der Waals surface area contributed by atoms with Crippen LogP contribution in [0.15, 0.2) is 42.5 Å². The highest BCUT2D eigenvalue weighted by atomic mass is 16.5. The number of rotatable bonds is 6. The van der Waals surface area contributed by atoms with Crippen LogP contribution in [0.4, 0.5) is 5.82 Å². The van der Waals surface area contributed by atoms with Gasteiger partial charge in [-0.25, -0.2) is 9.97 Å². The van der Waals surface area contributed by atoms with Crippen molar-refractivity contribution in [1.29, 1.82) is 0 Å². The minimum Gasteiger partial charge on any atom is -0.493 e. The lowest BCUT2D eigenvalue weighted by Crippen LogP contribution is -2.49. The Morgan fingerprint density at radius 3 is 2.23 bits per heavy atom. The second kappa shape index (κ2) is 9.33. The number of anilines is 1. The van der Waals surface area contributed by atoms with Crippen LogP contribution in [0.25, 0.3) is 11.0 Å². The van der Waals surface area contributed by atoms with E-state index in [0.29, 0.717) is 26.1 Å². The molecule has 1 aliphatic heterocycles. The lowest BCUT2D eigenvalue weighted by molar-refractivity contribution is -0.131. The molecule has 0 spiro atoms. The first kappa shape index (κ1) is 21.1. The summed E-state index contributed by atoms with van der Waals surface area (Å²) in [5.74, 6) is 2.06. The Bertz CT molecular complexity index is 1050. The smallest absolute Gasteiger partial charge is 0.222 e. The highest BCUT2D eigenvalue weighted by molar-refractivity contribution is 5.77. The molecule has 6 nitrogen and oxygen atoms in total. The molecule has 3 aromatic rings. The van der Waals surface area contributed by atoms with E-state index in [2.05, 4.69) is 30.9 Å². The van der Waals surface area contributed by atoms with E-state index in [1.807, 2.05) is 42.2 Å². The fraction of sp³-hybridized carbons (Fsp3) is 0.400. The standard InChI is InChI=1S/C25H30N4O2/c1-18-8-6-9-19(2)24(18)31-17-7-12-23(30)28-13-15-29(16-14-28)25-20(3)26-21-10-4-5-11-22(21)27-25/h4-6,8-11H,7,12-17H2,1-3H3. The summed E-state index contributed by atoms with van der Waals surface area (Å²) < 4.78 is 5.93. The summed E-state index contributed by atoms with van der Waals surface area (Å²) in [6, 6.07) is 14.1. The fourth-order valence-electron chi connectivity index (χ4n) is 4.13. The Morgan fingerprint density at radius 2 is 1.55 bits per heavy atom. The molecule has 1 aliphatic rings. The topological polar surface area (TPSA) is 58.6 Å². The van der Waals surface area contributed by atoms with Gasteiger partial charge in [-0.1, -0.05) is 30.3 Å². The van der Waals surface area contributed by atoms with Crippen LogP contribution < -0.4 is 9.64 Å². The zero-order valence-corrected chi connectivity index (χ0v) is 18.6. The van der Waals surface area contributed by atoms with Gasteiger partial charge >= 0.3 is 0 Å². The molecular formula is C25H30N4O2. The molecule has 0 saturated carbocycles. The van der Waals surface area contributed by atoms with Crippen molar-refractivity contribution in [1.82, 2.24) is 14.9 Å². The molecule has 1 fully saturated rings. The average molecular weight is 419 g/mol. The van der Waals surface area contributed by atoms with Gasteiger partial charge in [-0.2, -0.15) is 0 Å². The number of hydrogen-bond acceptors (Lipinski definition) is 5. The van der Waals surface area contributed by atoms with Crippen molar-refractivity contribution in [2.24, 2.45) is 0 Å². The van der Waals surface area contributed by atoms with Crippen LogP contribution >= 0.6 is 0 Å². The van der Waals surface area contributed by atoms with Crippen LogP contribution in [-0.2, 0) is 4.79 Å². The Hall–Kier alpha value is -3.15. The number of amides is 1. The van der Waals surface area contributed by atoms with Crippen LogP contribution in [0.1, 0.15) is 29.7 Å². The van der Waals surface area contributed by atoms with Crippen LogP contribution in [0.2, 0.25) is 0 Å². The van der Waals surface area contributed by atoms with Gasteiger partial charge in [-0.15, -0.1) is 0 Å². The van der Waals surface area contributed by atoms with Crippen molar-refractivity contribution in [3.05, 3.63) is 59.3 Å². The molecular weight excluding hydrogens is 388 g/mol. The van der Waals surface area contributed by atoms with E-state index in [0.717, 1.165) is 58.9 Å². The number of nitrogens with zero attached hydrogens (tertiary/aromatic N) is 4. The summed E-state index contributed by atoms with van der Waals surface area (Å²) in [6.45, 7) is 9.64. The summed E-state index contributed by atoms with van der Waals surface area (Å²) in [5, 5.41) is 0. The number of piperazine rings is 1. The molecule has 4 rings (SSSR count). The van der Waals surface area contributed by atoms with Gasteiger partial charge in [0.15, 0.2) is 5.82 Å². The van der Waals surface area contributed by atoms with E-state index < -0.39 is 0 Å². The Kier molecular flexibility index (Phi) is 6.35. The molecule has 0 bridgehead atoms. The van der Waals surface area contributed by atoms with E-state index in [1.165, 1.54) is 0 Å². The quantitative estimate of drug-likeness (QED) is 0.565. The average Bonchev–Trinajstić information content (AvgIpc) is 2.78. The molecule has 2 heterocycles. The lowest BCUT2D eigenvalue weighted by atomic mass is 10.1. The second-order valence-corrected chi connectivity index (χ2v) is 8.16. The van der Waals surface area contributed by atoms with E-state index >= 15 is 0 Å². The maximum absolute atomic E-state index is 12.7. The van der Waals surface area contributed by atoms with Crippen LogP contribution in [0, 0.1) is 20.8 Å². The van der Waals surface area contributed by atoms with Crippen molar-refractivity contribution in [3.63, 3.8) is 0 Å². The summed E-state index contributed by atoms with van der Waals surface area (Å²) in [7, 11) is 0. The first-order valence-corrected chi connectivity index (χ1v) is 11.0. The molecule has 31 heavy (non-hydrogen) atoms. The van der Waals surface area contributed by atoms with Crippen molar-refractivity contribution in [3.8, 4) is 5.75 Å². The molecule has 0 radical (unpaired) electrons. The summed E-state index contributed by atoms with van der Waals surface area (Å²) in [5.41, 5.74) is 5.03. The van der Waals surface area contributed by atoms with E-state index in [1.54, 1.807) is 0 Å². The molecule has 1 aromatic heterocycles. The Labute approximate surface area is 183 Å². The van der Waals surface area contributed by atoms with E-state index in [9.17, 15) is 4.79 Å². The molecule has 0 N–H and O–H groups in total. The van der Waals surface area contributed by atoms with Gasteiger partial charge in [0.25, 0.3) is 0 Å². The van der Waals surface area contributed by atoms with Crippen molar-refractivity contribution in [2.75, 3.05) is 37.7 Å². The predicted molar refractivity (Wildman–Crippen MR) is 124 cm³/mol. The third-order valence-electron chi connectivity index (χ3n) is 5.84. The van der Waals surface area contributed by atoms with Gasteiger partial charge in [0, 0.05) is 32.6 Å². The first-order valence-electron chi connectivity index (χ1n) is 11.0. The molecule has 0 unspecified atom stereocenters. The number of carbonyl (C=O) groups excluding carboxylic acids is 1. The molecule has 1 saturated heterocycles. The number of benzene rings is 2. The molecule has 6 heteroatoms. The first-order chi connectivity index (χ1) is 15.0. The third kappa shape index (κ3) is 4.79. The second-order valence-electron chi connectivity index (χ2n) is 8.16. The van der Waals surface area contributed by atoms with Gasteiger partial charge in [-0.05, 0) is 50.5 Å². The fourth-order valence-corrected chi connectivity index (χ4v) is 4.13.